The molecule has 1 N–H and O–H groups in total. The molecule has 0 saturated carbocycles. The van der Waals surface area contributed by atoms with Crippen LogP contribution in [0.15, 0.2) is 66.7 Å². The zero-order chi connectivity index (χ0) is 13.5. The average Bonchev–Trinajstić information content (AvgIpc) is 2.82. The summed E-state index contributed by atoms with van der Waals surface area (Å²) in [5.74, 6) is 0.927. The van der Waals surface area contributed by atoms with Crippen LogP contribution >= 0.6 is 0 Å². The van der Waals surface area contributed by atoms with Crippen LogP contribution in [-0.2, 0) is 0 Å². The van der Waals surface area contributed by atoms with Gasteiger partial charge in [-0.3, -0.25) is 4.57 Å². The highest BCUT2D eigenvalue weighted by atomic mass is 16.3. The third-order valence-electron chi connectivity index (χ3n) is 3.50. The van der Waals surface area contributed by atoms with Gasteiger partial charge in [-0.25, -0.2) is 4.98 Å². The van der Waals surface area contributed by atoms with Crippen molar-refractivity contribution >= 4 is 21.8 Å². The van der Waals surface area contributed by atoms with Crippen molar-refractivity contribution in [1.29, 1.82) is 0 Å². The van der Waals surface area contributed by atoms with Crippen molar-refractivity contribution in [1.82, 2.24) is 9.55 Å². The van der Waals surface area contributed by atoms with Crippen LogP contribution in [0.2, 0.25) is 0 Å². The molecule has 0 aliphatic carbocycles. The van der Waals surface area contributed by atoms with Gasteiger partial charge >= 0.3 is 0 Å². The summed E-state index contributed by atoms with van der Waals surface area (Å²) in [5.41, 5.74) is 1.87. The maximum atomic E-state index is 10.2. The van der Waals surface area contributed by atoms with E-state index in [9.17, 15) is 5.11 Å². The van der Waals surface area contributed by atoms with Gasteiger partial charge in [-0.1, -0.05) is 36.4 Å². The molecule has 0 spiro atoms. The van der Waals surface area contributed by atoms with Gasteiger partial charge in [0.05, 0.1) is 11.0 Å². The van der Waals surface area contributed by atoms with Crippen LogP contribution < -0.4 is 0 Å². The summed E-state index contributed by atoms with van der Waals surface area (Å²) < 4.78 is 1.77. The second kappa shape index (κ2) is 4.10. The molecule has 3 nitrogen and oxygen atoms in total. The molecule has 96 valence electrons. The van der Waals surface area contributed by atoms with E-state index < -0.39 is 0 Å². The fraction of sp³-hybridized carbons (Fsp3) is 0. The summed E-state index contributed by atoms with van der Waals surface area (Å²) in [5, 5.41) is 12.3. The van der Waals surface area contributed by atoms with Crippen molar-refractivity contribution in [3.63, 3.8) is 0 Å². The molecule has 0 bridgehead atoms. The second-order valence-electron chi connectivity index (χ2n) is 4.76. The highest BCUT2D eigenvalue weighted by Gasteiger charge is 2.10. The van der Waals surface area contributed by atoms with E-state index in [2.05, 4.69) is 4.98 Å². The first kappa shape index (κ1) is 11.1. The normalized spacial score (nSPS) is 11.2. The maximum absolute atomic E-state index is 10.2. The number of hydrogen-bond acceptors (Lipinski definition) is 2. The van der Waals surface area contributed by atoms with E-state index in [1.54, 1.807) is 10.6 Å². The molecule has 0 fully saturated rings. The zero-order valence-electron chi connectivity index (χ0n) is 10.7. The van der Waals surface area contributed by atoms with E-state index in [4.69, 9.17) is 0 Å². The van der Waals surface area contributed by atoms with Crippen LogP contribution in [0.25, 0.3) is 27.6 Å². The molecular weight excluding hydrogens is 248 g/mol. The number of fused-ring (bicyclic) bond motifs is 2. The minimum absolute atomic E-state index is 0.203. The standard InChI is InChI=1S/C17H12N2O/c20-17-11-13-6-2-4-8-15(13)19(17)16-10-9-12-5-1-3-7-14(12)18-16/h1-11,20H. The number of aromatic hydroxyl groups is 1. The zero-order valence-corrected chi connectivity index (χ0v) is 10.7. The lowest BCUT2D eigenvalue weighted by atomic mass is 10.2. The minimum atomic E-state index is 0.203. The van der Waals surface area contributed by atoms with Gasteiger partial charge in [-0.05, 0) is 24.3 Å². The minimum Gasteiger partial charge on any atom is -0.494 e. The van der Waals surface area contributed by atoms with Gasteiger partial charge in [0.25, 0.3) is 0 Å². The number of aromatic nitrogens is 2. The van der Waals surface area contributed by atoms with Crippen molar-refractivity contribution in [3.05, 3.63) is 66.7 Å². The Morgan fingerprint density at radius 1 is 0.800 bits per heavy atom. The van der Waals surface area contributed by atoms with E-state index >= 15 is 0 Å². The summed E-state index contributed by atoms with van der Waals surface area (Å²) in [6.07, 6.45) is 0. The Kier molecular flexibility index (Phi) is 2.27. The molecule has 2 aromatic carbocycles. The van der Waals surface area contributed by atoms with Crippen molar-refractivity contribution in [2.75, 3.05) is 0 Å². The van der Waals surface area contributed by atoms with E-state index in [1.165, 1.54) is 0 Å². The number of rotatable bonds is 1. The molecule has 0 atom stereocenters. The second-order valence-corrected chi connectivity index (χ2v) is 4.76. The summed E-state index contributed by atoms with van der Waals surface area (Å²) in [6, 6.07) is 21.5. The van der Waals surface area contributed by atoms with E-state index in [-0.39, 0.29) is 5.88 Å². The Morgan fingerprint density at radius 2 is 1.55 bits per heavy atom. The molecule has 3 heteroatoms. The van der Waals surface area contributed by atoms with E-state index in [0.29, 0.717) is 0 Å². The lowest BCUT2D eigenvalue weighted by Crippen LogP contribution is -1.96. The Morgan fingerprint density at radius 3 is 2.45 bits per heavy atom. The number of benzene rings is 2. The monoisotopic (exact) mass is 260 g/mol. The van der Waals surface area contributed by atoms with Crippen LogP contribution in [0.3, 0.4) is 0 Å². The SMILES string of the molecule is Oc1cc2ccccc2n1-c1ccc2ccccc2n1. The van der Waals surface area contributed by atoms with Crippen LogP contribution in [0.1, 0.15) is 0 Å². The largest absolute Gasteiger partial charge is 0.494 e. The first-order chi connectivity index (χ1) is 9.83. The van der Waals surface area contributed by atoms with Gasteiger partial charge in [-0.2, -0.15) is 0 Å². The van der Waals surface area contributed by atoms with Gasteiger partial charge in [0.2, 0.25) is 0 Å². The van der Waals surface area contributed by atoms with Gasteiger partial charge in [0, 0.05) is 16.8 Å². The summed E-state index contributed by atoms with van der Waals surface area (Å²) in [7, 11) is 0. The smallest absolute Gasteiger partial charge is 0.197 e. The van der Waals surface area contributed by atoms with Crippen molar-refractivity contribution in [2.24, 2.45) is 0 Å². The Labute approximate surface area is 115 Å². The highest BCUT2D eigenvalue weighted by molar-refractivity contribution is 5.85. The third-order valence-corrected chi connectivity index (χ3v) is 3.50. The van der Waals surface area contributed by atoms with Crippen molar-refractivity contribution < 1.29 is 5.11 Å². The lowest BCUT2D eigenvalue weighted by molar-refractivity contribution is 0.444. The Hall–Kier alpha value is -2.81. The van der Waals surface area contributed by atoms with Crippen LogP contribution in [0, 0.1) is 0 Å². The van der Waals surface area contributed by atoms with Gasteiger partial charge < -0.3 is 5.11 Å². The van der Waals surface area contributed by atoms with Gasteiger partial charge in [0.1, 0.15) is 5.82 Å². The molecule has 4 aromatic rings. The predicted molar refractivity (Wildman–Crippen MR) is 80.2 cm³/mol. The van der Waals surface area contributed by atoms with E-state index in [1.807, 2.05) is 60.7 Å². The first-order valence-corrected chi connectivity index (χ1v) is 6.48. The van der Waals surface area contributed by atoms with Crippen LogP contribution in [0.5, 0.6) is 5.88 Å². The van der Waals surface area contributed by atoms with Crippen LogP contribution in [-0.4, -0.2) is 14.7 Å². The molecule has 0 saturated heterocycles. The molecule has 20 heavy (non-hydrogen) atoms. The van der Waals surface area contributed by atoms with Gasteiger partial charge in [-0.15, -0.1) is 0 Å². The van der Waals surface area contributed by atoms with Crippen LogP contribution in [0.4, 0.5) is 0 Å². The molecule has 0 unspecified atom stereocenters. The summed E-state index contributed by atoms with van der Waals surface area (Å²) >= 11 is 0. The highest BCUT2D eigenvalue weighted by Crippen LogP contribution is 2.28. The fourth-order valence-corrected chi connectivity index (χ4v) is 2.56. The number of pyridine rings is 1. The quantitative estimate of drug-likeness (QED) is 0.564. The fourth-order valence-electron chi connectivity index (χ4n) is 2.56. The molecule has 0 aliphatic rings. The number of nitrogens with zero attached hydrogens (tertiary/aromatic N) is 2. The topological polar surface area (TPSA) is 38.0 Å². The summed E-state index contributed by atoms with van der Waals surface area (Å²) in [6.45, 7) is 0. The summed E-state index contributed by atoms with van der Waals surface area (Å²) in [4.78, 5) is 4.63. The molecule has 2 aromatic heterocycles. The van der Waals surface area contributed by atoms with E-state index in [0.717, 1.165) is 27.6 Å². The molecule has 0 aliphatic heterocycles. The predicted octanol–water partition coefficient (Wildman–Crippen LogP) is 3.88. The number of hydrogen-bond donors (Lipinski definition) is 1. The third kappa shape index (κ3) is 1.57. The molecular formula is C17H12N2O. The molecule has 0 radical (unpaired) electrons. The first-order valence-electron chi connectivity index (χ1n) is 6.48. The van der Waals surface area contributed by atoms with Crippen molar-refractivity contribution in [3.8, 4) is 11.7 Å². The lowest BCUT2D eigenvalue weighted by Gasteiger charge is -2.07. The molecule has 2 heterocycles. The van der Waals surface area contributed by atoms with Gasteiger partial charge in [0.15, 0.2) is 5.88 Å². The van der Waals surface area contributed by atoms with Crippen molar-refractivity contribution in [2.45, 2.75) is 0 Å². The molecule has 0 amide bonds. The number of para-hydroxylation sites is 2. The Balaban J connectivity index is 2.03. The molecule has 4 rings (SSSR count). The average molecular weight is 260 g/mol. The maximum Gasteiger partial charge on any atom is 0.197 e. The Bertz CT molecular complexity index is 924.